The molecule has 1 aliphatic heterocycles. The van der Waals surface area contributed by atoms with E-state index in [9.17, 15) is 0 Å². The smallest absolute Gasteiger partial charge is 0.127 e. The minimum Gasteiger partial charge on any atom is -0.493 e. The summed E-state index contributed by atoms with van der Waals surface area (Å²) in [5.74, 6) is 0.945. The third-order valence-electron chi connectivity index (χ3n) is 3.24. The lowest BCUT2D eigenvalue weighted by molar-refractivity contribution is 0.284. The molecule has 0 saturated heterocycles. The van der Waals surface area contributed by atoms with Gasteiger partial charge in [-0.25, -0.2) is 9.97 Å². The second-order valence-electron chi connectivity index (χ2n) is 4.44. The van der Waals surface area contributed by atoms with Crippen LogP contribution in [-0.2, 0) is 6.42 Å². The molecule has 18 heavy (non-hydrogen) atoms. The van der Waals surface area contributed by atoms with Gasteiger partial charge in [0.2, 0.25) is 0 Å². The molecule has 1 aromatic heterocycles. The third-order valence-corrected chi connectivity index (χ3v) is 3.24. The van der Waals surface area contributed by atoms with E-state index < -0.39 is 0 Å². The lowest BCUT2D eigenvalue weighted by atomic mass is 9.95. The number of ether oxygens (including phenoxy) is 1. The van der Waals surface area contributed by atoms with Crippen LogP contribution in [0.2, 0.25) is 0 Å². The number of nitrogens with zero attached hydrogens (tertiary/aromatic N) is 2. The van der Waals surface area contributed by atoms with Crippen LogP contribution in [-0.4, -0.2) is 16.6 Å². The Hall–Kier alpha value is -1.94. The fourth-order valence-corrected chi connectivity index (χ4v) is 2.31. The third kappa shape index (κ3) is 1.95. The van der Waals surface area contributed by atoms with E-state index >= 15 is 0 Å². The zero-order chi connectivity index (χ0) is 12.4. The molecule has 2 aromatic rings. The maximum absolute atomic E-state index is 6.28. The summed E-state index contributed by atoms with van der Waals surface area (Å²) >= 11 is 0. The van der Waals surface area contributed by atoms with Gasteiger partial charge in [0, 0.05) is 23.5 Å². The second kappa shape index (κ2) is 4.74. The molecule has 4 heteroatoms. The summed E-state index contributed by atoms with van der Waals surface area (Å²) in [4.78, 5) is 8.02. The van der Waals surface area contributed by atoms with Crippen LogP contribution in [0, 0.1) is 0 Å². The number of para-hydroxylation sites is 1. The van der Waals surface area contributed by atoms with Crippen LogP contribution in [0.15, 0.2) is 36.9 Å². The van der Waals surface area contributed by atoms with Crippen molar-refractivity contribution in [2.24, 2.45) is 5.73 Å². The molecule has 1 unspecified atom stereocenters. The highest BCUT2D eigenvalue weighted by Crippen LogP contribution is 2.34. The van der Waals surface area contributed by atoms with Crippen molar-refractivity contribution in [3.05, 3.63) is 53.6 Å². The maximum atomic E-state index is 6.28. The topological polar surface area (TPSA) is 61.0 Å². The summed E-state index contributed by atoms with van der Waals surface area (Å²) in [5, 5.41) is 0. The standard InChI is InChI=1S/C14H15N3O/c15-13(11-7-16-9-17-8-11)12-5-1-3-10-4-2-6-18-14(10)12/h1,3,5,7-9,13H,2,4,6,15H2. The van der Waals surface area contributed by atoms with Gasteiger partial charge in [-0.15, -0.1) is 0 Å². The van der Waals surface area contributed by atoms with E-state index in [-0.39, 0.29) is 6.04 Å². The summed E-state index contributed by atoms with van der Waals surface area (Å²) < 4.78 is 5.78. The van der Waals surface area contributed by atoms with E-state index in [1.165, 1.54) is 11.9 Å². The molecular weight excluding hydrogens is 226 g/mol. The van der Waals surface area contributed by atoms with Crippen molar-refractivity contribution in [2.45, 2.75) is 18.9 Å². The maximum Gasteiger partial charge on any atom is 0.127 e. The zero-order valence-electron chi connectivity index (χ0n) is 10.0. The van der Waals surface area contributed by atoms with Crippen LogP contribution in [0.5, 0.6) is 5.75 Å². The van der Waals surface area contributed by atoms with Crippen molar-refractivity contribution in [2.75, 3.05) is 6.61 Å². The quantitative estimate of drug-likeness (QED) is 0.871. The van der Waals surface area contributed by atoms with E-state index in [0.717, 1.165) is 36.3 Å². The molecule has 2 heterocycles. The van der Waals surface area contributed by atoms with E-state index in [0.29, 0.717) is 0 Å². The molecule has 4 nitrogen and oxygen atoms in total. The van der Waals surface area contributed by atoms with Gasteiger partial charge in [-0.1, -0.05) is 18.2 Å². The zero-order valence-corrected chi connectivity index (χ0v) is 10.0. The highest BCUT2D eigenvalue weighted by atomic mass is 16.5. The first-order valence-electron chi connectivity index (χ1n) is 6.11. The number of aromatic nitrogens is 2. The molecule has 1 atom stereocenters. The molecule has 0 aliphatic carbocycles. The first-order valence-corrected chi connectivity index (χ1v) is 6.11. The average Bonchev–Trinajstić information content (AvgIpc) is 2.47. The molecular formula is C14H15N3O. The lowest BCUT2D eigenvalue weighted by Gasteiger charge is -2.23. The van der Waals surface area contributed by atoms with Crippen molar-refractivity contribution < 1.29 is 4.74 Å². The summed E-state index contributed by atoms with van der Waals surface area (Å²) in [5.41, 5.74) is 9.44. The van der Waals surface area contributed by atoms with Gasteiger partial charge in [0.15, 0.2) is 0 Å². The molecule has 3 rings (SSSR count). The number of rotatable bonds is 2. The Labute approximate surface area is 106 Å². The van der Waals surface area contributed by atoms with Gasteiger partial charge in [0.05, 0.1) is 12.6 Å². The van der Waals surface area contributed by atoms with Crippen LogP contribution in [0.3, 0.4) is 0 Å². The van der Waals surface area contributed by atoms with Crippen LogP contribution in [0.1, 0.15) is 29.2 Å². The van der Waals surface area contributed by atoms with Gasteiger partial charge < -0.3 is 10.5 Å². The van der Waals surface area contributed by atoms with Crippen molar-refractivity contribution in [3.63, 3.8) is 0 Å². The minimum absolute atomic E-state index is 0.237. The summed E-state index contributed by atoms with van der Waals surface area (Å²) in [7, 11) is 0. The van der Waals surface area contributed by atoms with Crippen molar-refractivity contribution >= 4 is 0 Å². The minimum atomic E-state index is -0.237. The number of benzene rings is 1. The summed E-state index contributed by atoms with van der Waals surface area (Å²) in [6, 6.07) is 5.92. The van der Waals surface area contributed by atoms with Gasteiger partial charge in [-0.2, -0.15) is 0 Å². The molecule has 1 aliphatic rings. The Bertz CT molecular complexity index is 542. The Morgan fingerprint density at radius 1 is 1.22 bits per heavy atom. The number of hydrogen-bond donors (Lipinski definition) is 1. The van der Waals surface area contributed by atoms with Gasteiger partial charge in [-0.05, 0) is 18.4 Å². The fourth-order valence-electron chi connectivity index (χ4n) is 2.31. The highest BCUT2D eigenvalue weighted by Gasteiger charge is 2.19. The Morgan fingerprint density at radius 2 is 2.06 bits per heavy atom. The summed E-state index contributed by atoms with van der Waals surface area (Å²) in [6.07, 6.45) is 7.13. The van der Waals surface area contributed by atoms with E-state index in [4.69, 9.17) is 10.5 Å². The van der Waals surface area contributed by atoms with Crippen molar-refractivity contribution in [1.82, 2.24) is 9.97 Å². The number of hydrogen-bond acceptors (Lipinski definition) is 4. The SMILES string of the molecule is NC(c1cncnc1)c1cccc2c1OCCC2. The highest BCUT2D eigenvalue weighted by molar-refractivity contribution is 5.47. The van der Waals surface area contributed by atoms with Crippen molar-refractivity contribution in [1.29, 1.82) is 0 Å². The summed E-state index contributed by atoms with van der Waals surface area (Å²) in [6.45, 7) is 0.766. The first kappa shape index (κ1) is 11.2. The Morgan fingerprint density at radius 3 is 2.89 bits per heavy atom. The van der Waals surface area contributed by atoms with Gasteiger partial charge in [-0.3, -0.25) is 0 Å². The molecule has 0 fully saturated rings. The molecule has 0 radical (unpaired) electrons. The van der Waals surface area contributed by atoms with Crippen LogP contribution >= 0.6 is 0 Å². The van der Waals surface area contributed by atoms with E-state index in [2.05, 4.69) is 16.0 Å². The van der Waals surface area contributed by atoms with Crippen LogP contribution < -0.4 is 10.5 Å². The monoisotopic (exact) mass is 241 g/mol. The normalized spacial score (nSPS) is 15.6. The average molecular weight is 241 g/mol. The second-order valence-corrected chi connectivity index (χ2v) is 4.44. The Kier molecular flexibility index (Phi) is 2.94. The van der Waals surface area contributed by atoms with E-state index in [1.807, 2.05) is 12.1 Å². The molecule has 2 N–H and O–H groups in total. The number of fused-ring (bicyclic) bond motifs is 1. The van der Waals surface area contributed by atoms with Gasteiger partial charge in [0.25, 0.3) is 0 Å². The Balaban J connectivity index is 2.02. The van der Waals surface area contributed by atoms with Gasteiger partial charge >= 0.3 is 0 Å². The molecule has 0 saturated carbocycles. The molecule has 92 valence electrons. The van der Waals surface area contributed by atoms with E-state index in [1.54, 1.807) is 12.4 Å². The molecule has 0 bridgehead atoms. The fraction of sp³-hybridized carbons (Fsp3) is 0.286. The van der Waals surface area contributed by atoms with Gasteiger partial charge in [0.1, 0.15) is 12.1 Å². The van der Waals surface area contributed by atoms with Crippen LogP contribution in [0.25, 0.3) is 0 Å². The van der Waals surface area contributed by atoms with Crippen molar-refractivity contribution in [3.8, 4) is 5.75 Å². The lowest BCUT2D eigenvalue weighted by Crippen LogP contribution is -2.17. The predicted octanol–water partition coefficient (Wildman–Crippen LogP) is 1.85. The molecule has 0 spiro atoms. The number of aryl methyl sites for hydroxylation is 1. The predicted molar refractivity (Wildman–Crippen MR) is 68.3 cm³/mol. The molecule has 0 amide bonds. The number of nitrogens with two attached hydrogens (primary N) is 1. The first-order chi connectivity index (χ1) is 8.86. The van der Waals surface area contributed by atoms with Crippen LogP contribution in [0.4, 0.5) is 0 Å². The molecule has 1 aromatic carbocycles. The largest absolute Gasteiger partial charge is 0.493 e.